The number of halogens is 1. The molecular weight excluding hydrogens is 482 g/mol. The minimum atomic E-state index is -0.920. The van der Waals surface area contributed by atoms with Crippen LogP contribution in [0.15, 0.2) is 91.0 Å². The number of carbonyl (C=O) groups is 1. The summed E-state index contributed by atoms with van der Waals surface area (Å²) in [6.45, 7) is 6.43. The monoisotopic (exact) mass is 515 g/mol. The van der Waals surface area contributed by atoms with Gasteiger partial charge in [-0.1, -0.05) is 84.9 Å². The van der Waals surface area contributed by atoms with Crippen LogP contribution in [-0.4, -0.2) is 23.7 Å². The van der Waals surface area contributed by atoms with Crippen LogP contribution in [0.25, 0.3) is 10.8 Å². The lowest BCUT2D eigenvalue weighted by Gasteiger charge is -2.33. The van der Waals surface area contributed by atoms with E-state index >= 15 is 0 Å². The SMILES string of the molecule is C[C@@H](NC[C@H]1C[C@@H](c2ccc(C(C)(C)C(=O)O)cc2)c2ccccc2O1)c1cccc2ccccc12.Cl. The molecule has 4 nitrogen and oxygen atoms in total. The fourth-order valence-corrected chi connectivity index (χ4v) is 5.24. The summed E-state index contributed by atoms with van der Waals surface area (Å²) in [5.74, 6) is 0.294. The van der Waals surface area contributed by atoms with Crippen LogP contribution in [0.3, 0.4) is 0 Å². The van der Waals surface area contributed by atoms with Crippen molar-refractivity contribution in [2.45, 2.75) is 50.7 Å². The van der Waals surface area contributed by atoms with Crippen molar-refractivity contribution in [2.24, 2.45) is 0 Å². The maximum Gasteiger partial charge on any atom is 0.313 e. The van der Waals surface area contributed by atoms with Crippen LogP contribution in [0.1, 0.15) is 61.4 Å². The molecule has 1 aliphatic rings. The number of carboxylic acid groups (broad SMARTS) is 1. The van der Waals surface area contributed by atoms with Gasteiger partial charge in [0.25, 0.3) is 0 Å². The highest BCUT2D eigenvalue weighted by molar-refractivity contribution is 5.86. The van der Waals surface area contributed by atoms with E-state index in [1.807, 2.05) is 24.3 Å². The van der Waals surface area contributed by atoms with E-state index in [-0.39, 0.29) is 30.5 Å². The molecular formula is C32H34ClNO3. The van der Waals surface area contributed by atoms with Gasteiger partial charge in [-0.15, -0.1) is 12.4 Å². The van der Waals surface area contributed by atoms with Crippen LogP contribution in [-0.2, 0) is 10.2 Å². The number of hydrogen-bond donors (Lipinski definition) is 2. The van der Waals surface area contributed by atoms with Crippen LogP contribution in [0.2, 0.25) is 0 Å². The van der Waals surface area contributed by atoms with Crippen molar-refractivity contribution in [3.8, 4) is 5.75 Å². The lowest BCUT2D eigenvalue weighted by atomic mass is 9.80. The molecule has 0 radical (unpaired) electrons. The minimum absolute atomic E-state index is 0. The first kappa shape index (κ1) is 26.7. The Labute approximate surface area is 225 Å². The molecule has 5 rings (SSSR count). The second-order valence-corrected chi connectivity index (χ2v) is 10.3. The van der Waals surface area contributed by atoms with E-state index < -0.39 is 11.4 Å². The molecule has 1 heterocycles. The maximum absolute atomic E-state index is 11.7. The molecule has 0 spiro atoms. The van der Waals surface area contributed by atoms with Gasteiger partial charge in [0.15, 0.2) is 0 Å². The summed E-state index contributed by atoms with van der Waals surface area (Å²) in [4.78, 5) is 11.7. The van der Waals surface area contributed by atoms with Crippen molar-refractivity contribution in [1.29, 1.82) is 0 Å². The van der Waals surface area contributed by atoms with E-state index in [0.29, 0.717) is 0 Å². The van der Waals surface area contributed by atoms with E-state index in [2.05, 4.69) is 79.0 Å². The van der Waals surface area contributed by atoms with Crippen molar-refractivity contribution in [2.75, 3.05) is 6.54 Å². The molecule has 0 aliphatic carbocycles. The van der Waals surface area contributed by atoms with Crippen molar-refractivity contribution >= 4 is 29.1 Å². The third-order valence-electron chi connectivity index (χ3n) is 7.60. The topological polar surface area (TPSA) is 58.6 Å². The van der Waals surface area contributed by atoms with Gasteiger partial charge in [-0.2, -0.15) is 0 Å². The number of carboxylic acids is 1. The van der Waals surface area contributed by atoms with Crippen molar-refractivity contribution in [3.63, 3.8) is 0 Å². The lowest BCUT2D eigenvalue weighted by Crippen LogP contribution is -2.37. The third-order valence-corrected chi connectivity index (χ3v) is 7.60. The first-order valence-corrected chi connectivity index (χ1v) is 12.6. The Morgan fingerprint density at radius 1 is 0.973 bits per heavy atom. The molecule has 0 saturated heterocycles. The fraction of sp³-hybridized carbons (Fsp3) is 0.281. The number of rotatable bonds is 7. The Balaban J connectivity index is 0.00000320. The Hall–Kier alpha value is -3.34. The Morgan fingerprint density at radius 2 is 1.65 bits per heavy atom. The van der Waals surface area contributed by atoms with Gasteiger partial charge in [-0.05, 0) is 60.7 Å². The van der Waals surface area contributed by atoms with Crippen LogP contribution in [0, 0.1) is 0 Å². The minimum Gasteiger partial charge on any atom is -0.489 e. The summed E-state index contributed by atoms with van der Waals surface area (Å²) in [7, 11) is 0. The average molecular weight is 516 g/mol. The zero-order valence-electron chi connectivity index (χ0n) is 21.5. The molecule has 0 unspecified atom stereocenters. The highest BCUT2D eigenvalue weighted by atomic mass is 35.5. The predicted molar refractivity (Wildman–Crippen MR) is 152 cm³/mol. The van der Waals surface area contributed by atoms with Crippen LogP contribution in [0.4, 0.5) is 0 Å². The zero-order chi connectivity index (χ0) is 25.3. The van der Waals surface area contributed by atoms with Crippen molar-refractivity contribution in [1.82, 2.24) is 5.32 Å². The van der Waals surface area contributed by atoms with Gasteiger partial charge in [0.05, 0.1) is 5.41 Å². The first-order chi connectivity index (χ1) is 17.3. The fourth-order valence-electron chi connectivity index (χ4n) is 5.24. The summed E-state index contributed by atoms with van der Waals surface area (Å²) in [6.07, 6.45) is 0.881. The Kier molecular flexibility index (Phi) is 7.91. The smallest absolute Gasteiger partial charge is 0.313 e. The van der Waals surface area contributed by atoms with E-state index in [1.165, 1.54) is 27.5 Å². The average Bonchev–Trinajstić information content (AvgIpc) is 2.91. The summed E-state index contributed by atoms with van der Waals surface area (Å²) in [5.41, 5.74) is 3.54. The predicted octanol–water partition coefficient (Wildman–Crippen LogP) is 7.26. The largest absolute Gasteiger partial charge is 0.489 e. The molecule has 1 aliphatic heterocycles. The Morgan fingerprint density at radius 3 is 2.41 bits per heavy atom. The molecule has 3 atom stereocenters. The van der Waals surface area contributed by atoms with Gasteiger partial charge in [0, 0.05) is 24.1 Å². The molecule has 0 bridgehead atoms. The summed E-state index contributed by atoms with van der Waals surface area (Å²) < 4.78 is 6.43. The zero-order valence-corrected chi connectivity index (χ0v) is 22.3. The highest BCUT2D eigenvalue weighted by Crippen LogP contribution is 2.41. The molecule has 0 aromatic heterocycles. The first-order valence-electron chi connectivity index (χ1n) is 12.6. The van der Waals surface area contributed by atoms with Crippen LogP contribution >= 0.6 is 12.4 Å². The highest BCUT2D eigenvalue weighted by Gasteiger charge is 2.32. The molecule has 0 fully saturated rings. The second-order valence-electron chi connectivity index (χ2n) is 10.3. The van der Waals surface area contributed by atoms with Gasteiger partial charge in [0.1, 0.15) is 11.9 Å². The number of hydrogen-bond acceptors (Lipinski definition) is 3. The summed E-state index contributed by atoms with van der Waals surface area (Å²) >= 11 is 0. The number of fused-ring (bicyclic) bond motifs is 2. The van der Waals surface area contributed by atoms with E-state index in [4.69, 9.17) is 4.74 Å². The number of para-hydroxylation sites is 1. The number of aliphatic carboxylic acids is 1. The molecule has 4 aromatic rings. The van der Waals surface area contributed by atoms with Crippen molar-refractivity contribution < 1.29 is 14.6 Å². The van der Waals surface area contributed by atoms with E-state index in [9.17, 15) is 9.90 Å². The Bertz CT molecular complexity index is 1380. The van der Waals surface area contributed by atoms with Gasteiger partial charge in [0.2, 0.25) is 0 Å². The second kappa shape index (κ2) is 11.0. The normalized spacial score (nSPS) is 17.8. The standard InChI is InChI=1S/C32H33NO3.ClH/c1-21(26-13-8-10-22-9-4-5-11-27(22)26)33-20-25-19-29(28-12-6-7-14-30(28)36-25)23-15-17-24(18-16-23)32(2,3)31(34)35;/h4-18,21,25,29,33H,19-20H2,1-3H3,(H,34,35);1H/t21-,25-,29+;/m1./s1. The van der Waals surface area contributed by atoms with Crippen molar-refractivity contribution in [3.05, 3.63) is 113 Å². The van der Waals surface area contributed by atoms with Gasteiger partial charge < -0.3 is 15.2 Å². The number of ether oxygens (including phenoxy) is 1. The lowest BCUT2D eigenvalue weighted by molar-refractivity contribution is -0.142. The van der Waals surface area contributed by atoms with Gasteiger partial charge >= 0.3 is 5.97 Å². The number of nitrogens with one attached hydrogen (secondary N) is 1. The van der Waals surface area contributed by atoms with Crippen LogP contribution in [0.5, 0.6) is 5.75 Å². The summed E-state index contributed by atoms with van der Waals surface area (Å²) in [5, 5.41) is 15.8. The van der Waals surface area contributed by atoms with Crippen LogP contribution < -0.4 is 10.1 Å². The number of benzene rings is 4. The quantitative estimate of drug-likeness (QED) is 0.272. The molecule has 0 saturated carbocycles. The van der Waals surface area contributed by atoms with Gasteiger partial charge in [-0.25, -0.2) is 0 Å². The summed E-state index contributed by atoms with van der Waals surface area (Å²) in [6, 6.07) is 31.5. The maximum atomic E-state index is 11.7. The molecule has 5 heteroatoms. The third kappa shape index (κ3) is 5.36. The van der Waals surface area contributed by atoms with E-state index in [0.717, 1.165) is 24.3 Å². The molecule has 0 amide bonds. The molecule has 37 heavy (non-hydrogen) atoms. The molecule has 192 valence electrons. The molecule has 2 N–H and O–H groups in total. The van der Waals surface area contributed by atoms with Gasteiger partial charge in [-0.3, -0.25) is 4.79 Å². The van der Waals surface area contributed by atoms with E-state index in [1.54, 1.807) is 13.8 Å². The molecule has 4 aromatic carbocycles.